The summed E-state index contributed by atoms with van der Waals surface area (Å²) < 4.78 is 7.09. The lowest BCUT2D eigenvalue weighted by atomic mass is 10.2. The van der Waals surface area contributed by atoms with Crippen LogP contribution in [0, 0.1) is 0 Å². The van der Waals surface area contributed by atoms with Gasteiger partial charge in [-0.2, -0.15) is 5.10 Å². The lowest BCUT2D eigenvalue weighted by Gasteiger charge is -2.10. The number of ether oxygens (including phenoxy) is 1. The van der Waals surface area contributed by atoms with Crippen molar-refractivity contribution in [1.82, 2.24) is 9.78 Å². The molecule has 0 aliphatic carbocycles. The second-order valence-electron chi connectivity index (χ2n) is 4.78. The van der Waals surface area contributed by atoms with Crippen molar-refractivity contribution in [2.45, 2.75) is 32.7 Å². The minimum absolute atomic E-state index is 0.444. The monoisotopic (exact) mass is 274 g/mol. The average molecular weight is 274 g/mol. The molecular formula is C15H22N4O. The lowest BCUT2D eigenvalue weighted by molar-refractivity contribution is 0.409. The van der Waals surface area contributed by atoms with Crippen LogP contribution in [0.15, 0.2) is 24.3 Å². The van der Waals surface area contributed by atoms with Crippen LogP contribution in [0.25, 0.3) is 5.69 Å². The maximum atomic E-state index is 6.04. The Hall–Kier alpha value is -2.01. The first-order chi connectivity index (χ1) is 9.69. The van der Waals surface area contributed by atoms with Crippen molar-refractivity contribution < 1.29 is 4.74 Å². The molecule has 5 nitrogen and oxygen atoms in total. The third kappa shape index (κ3) is 2.93. The van der Waals surface area contributed by atoms with Crippen LogP contribution in [0.2, 0.25) is 0 Å². The van der Waals surface area contributed by atoms with Gasteiger partial charge in [0.1, 0.15) is 11.6 Å². The van der Waals surface area contributed by atoms with E-state index in [1.165, 1.54) is 0 Å². The molecule has 0 saturated heterocycles. The number of aromatic nitrogens is 2. The summed E-state index contributed by atoms with van der Waals surface area (Å²) in [4.78, 5) is 0. The molecule has 0 saturated carbocycles. The summed E-state index contributed by atoms with van der Waals surface area (Å²) in [5.74, 6) is 1.40. The van der Waals surface area contributed by atoms with Crippen LogP contribution >= 0.6 is 0 Å². The molecule has 0 aliphatic rings. The quantitative estimate of drug-likeness (QED) is 0.847. The highest BCUT2D eigenvalue weighted by molar-refractivity contribution is 5.49. The predicted molar refractivity (Wildman–Crippen MR) is 81.0 cm³/mol. The van der Waals surface area contributed by atoms with Crippen LogP contribution in [-0.4, -0.2) is 16.9 Å². The van der Waals surface area contributed by atoms with Crippen molar-refractivity contribution in [3.05, 3.63) is 35.5 Å². The van der Waals surface area contributed by atoms with Crippen LogP contribution in [-0.2, 0) is 13.0 Å². The minimum atomic E-state index is 0.444. The van der Waals surface area contributed by atoms with E-state index in [1.807, 2.05) is 24.3 Å². The van der Waals surface area contributed by atoms with Crippen molar-refractivity contribution in [3.63, 3.8) is 0 Å². The molecule has 0 radical (unpaired) electrons. The summed E-state index contributed by atoms with van der Waals surface area (Å²) in [6.07, 6.45) is 3.21. The number of benzene rings is 1. The van der Waals surface area contributed by atoms with Gasteiger partial charge in [-0.05, 0) is 18.9 Å². The molecule has 0 unspecified atom stereocenters. The summed E-state index contributed by atoms with van der Waals surface area (Å²) in [6, 6.07) is 7.74. The maximum Gasteiger partial charge on any atom is 0.127 e. The van der Waals surface area contributed by atoms with E-state index in [0.717, 1.165) is 42.0 Å². The topological polar surface area (TPSA) is 79.1 Å². The van der Waals surface area contributed by atoms with E-state index in [4.69, 9.17) is 16.2 Å². The Morgan fingerprint density at radius 1 is 1.30 bits per heavy atom. The van der Waals surface area contributed by atoms with Crippen molar-refractivity contribution in [2.24, 2.45) is 5.73 Å². The molecule has 108 valence electrons. The lowest BCUT2D eigenvalue weighted by Crippen LogP contribution is -2.05. The Bertz CT molecular complexity index is 577. The Kier molecular flexibility index (Phi) is 4.63. The zero-order chi connectivity index (χ0) is 14.5. The molecular weight excluding hydrogens is 252 g/mol. The van der Waals surface area contributed by atoms with Crippen LogP contribution < -0.4 is 16.2 Å². The number of nitrogens with zero attached hydrogens (tertiary/aromatic N) is 2. The first-order valence-corrected chi connectivity index (χ1v) is 6.91. The highest BCUT2D eigenvalue weighted by Gasteiger charge is 2.09. The summed E-state index contributed by atoms with van der Waals surface area (Å²) >= 11 is 0. The summed E-state index contributed by atoms with van der Waals surface area (Å²) in [7, 11) is 1.64. The Morgan fingerprint density at radius 3 is 2.75 bits per heavy atom. The summed E-state index contributed by atoms with van der Waals surface area (Å²) in [6.45, 7) is 2.61. The first-order valence-electron chi connectivity index (χ1n) is 6.91. The molecule has 0 bridgehead atoms. The second-order valence-corrected chi connectivity index (χ2v) is 4.78. The minimum Gasteiger partial charge on any atom is -0.496 e. The third-order valence-electron chi connectivity index (χ3n) is 3.31. The number of hydrogen-bond donors (Lipinski definition) is 2. The number of unbranched alkanes of at least 4 members (excludes halogenated alkanes) is 1. The van der Waals surface area contributed by atoms with E-state index in [-0.39, 0.29) is 0 Å². The molecule has 0 spiro atoms. The molecule has 0 atom stereocenters. The molecule has 2 aromatic rings. The zero-order valence-electron chi connectivity index (χ0n) is 12.1. The van der Waals surface area contributed by atoms with Gasteiger partial charge in [0, 0.05) is 24.2 Å². The van der Waals surface area contributed by atoms with Crippen molar-refractivity contribution >= 4 is 5.82 Å². The van der Waals surface area contributed by atoms with Crippen LogP contribution in [0.3, 0.4) is 0 Å². The van der Waals surface area contributed by atoms with Crippen LogP contribution in [0.4, 0.5) is 5.82 Å². The Labute approximate surface area is 119 Å². The largest absolute Gasteiger partial charge is 0.496 e. The molecule has 0 aliphatic heterocycles. The summed E-state index contributed by atoms with van der Waals surface area (Å²) in [5.41, 5.74) is 14.6. The van der Waals surface area contributed by atoms with E-state index in [2.05, 4.69) is 12.0 Å². The Balaban J connectivity index is 2.33. The fourth-order valence-corrected chi connectivity index (χ4v) is 2.17. The number of methoxy groups -OCH3 is 1. The molecule has 2 rings (SSSR count). The van der Waals surface area contributed by atoms with Gasteiger partial charge in [-0.1, -0.05) is 19.4 Å². The predicted octanol–water partition coefficient (Wildman–Crippen LogP) is 2.26. The normalized spacial score (nSPS) is 10.8. The van der Waals surface area contributed by atoms with Crippen molar-refractivity contribution in [2.75, 3.05) is 12.8 Å². The number of rotatable bonds is 6. The highest BCUT2D eigenvalue weighted by atomic mass is 16.5. The fraction of sp³-hybridized carbons (Fsp3) is 0.400. The number of nitrogens with two attached hydrogens (primary N) is 2. The zero-order valence-corrected chi connectivity index (χ0v) is 12.1. The summed E-state index contributed by atoms with van der Waals surface area (Å²) in [5, 5.41) is 4.55. The maximum absolute atomic E-state index is 6.04. The van der Waals surface area contributed by atoms with Gasteiger partial charge in [-0.25, -0.2) is 4.68 Å². The fourth-order valence-electron chi connectivity index (χ4n) is 2.17. The van der Waals surface area contributed by atoms with E-state index < -0.39 is 0 Å². The highest BCUT2D eigenvalue weighted by Crippen LogP contribution is 2.24. The standard InChI is InChI=1S/C15H22N4O/c1-3-4-5-12-8-15(17)19(18-12)13-7-6-11(10-16)14(9-13)20-2/h6-9H,3-5,10,16-17H2,1-2H3. The van der Waals surface area contributed by atoms with Gasteiger partial charge in [0.2, 0.25) is 0 Å². The van der Waals surface area contributed by atoms with E-state index in [9.17, 15) is 0 Å². The second kappa shape index (κ2) is 6.43. The van der Waals surface area contributed by atoms with Gasteiger partial charge < -0.3 is 16.2 Å². The van der Waals surface area contributed by atoms with Crippen molar-refractivity contribution in [1.29, 1.82) is 0 Å². The molecule has 5 heteroatoms. The van der Waals surface area contributed by atoms with Gasteiger partial charge in [0.05, 0.1) is 18.5 Å². The number of nitrogen functional groups attached to an aromatic ring is 1. The van der Waals surface area contributed by atoms with E-state index in [1.54, 1.807) is 11.8 Å². The Morgan fingerprint density at radius 2 is 2.10 bits per heavy atom. The molecule has 4 N–H and O–H groups in total. The van der Waals surface area contributed by atoms with Crippen molar-refractivity contribution in [3.8, 4) is 11.4 Å². The third-order valence-corrected chi connectivity index (χ3v) is 3.31. The van der Waals surface area contributed by atoms with Crippen LogP contribution in [0.1, 0.15) is 31.0 Å². The molecule has 1 heterocycles. The first kappa shape index (κ1) is 14.4. The van der Waals surface area contributed by atoms with Gasteiger partial charge >= 0.3 is 0 Å². The van der Waals surface area contributed by atoms with E-state index in [0.29, 0.717) is 12.4 Å². The van der Waals surface area contributed by atoms with Gasteiger partial charge in [-0.15, -0.1) is 0 Å². The van der Waals surface area contributed by atoms with Gasteiger partial charge in [0.15, 0.2) is 0 Å². The number of anilines is 1. The molecule has 0 amide bonds. The number of hydrogen-bond acceptors (Lipinski definition) is 4. The average Bonchev–Trinajstić information content (AvgIpc) is 2.85. The smallest absolute Gasteiger partial charge is 0.127 e. The van der Waals surface area contributed by atoms with Crippen LogP contribution in [0.5, 0.6) is 5.75 Å². The number of aryl methyl sites for hydroxylation is 1. The molecule has 1 aromatic carbocycles. The molecule has 1 aromatic heterocycles. The SMILES string of the molecule is CCCCc1cc(N)n(-c2ccc(CN)c(OC)c2)n1. The van der Waals surface area contributed by atoms with Gasteiger partial charge in [0.25, 0.3) is 0 Å². The van der Waals surface area contributed by atoms with Gasteiger partial charge in [-0.3, -0.25) is 0 Å². The molecule has 20 heavy (non-hydrogen) atoms. The van der Waals surface area contributed by atoms with E-state index >= 15 is 0 Å². The molecule has 0 fully saturated rings.